The fourth-order valence-corrected chi connectivity index (χ4v) is 2.73. The van der Waals surface area contributed by atoms with Gasteiger partial charge in [0.15, 0.2) is 5.76 Å². The number of rotatable bonds is 9. The van der Waals surface area contributed by atoms with E-state index >= 15 is 0 Å². The molecule has 0 bridgehead atoms. The number of hydrogen-bond acceptors (Lipinski definition) is 5. The van der Waals surface area contributed by atoms with Crippen LogP contribution in [-0.4, -0.2) is 36.2 Å². The lowest BCUT2D eigenvalue weighted by Gasteiger charge is -2.20. The number of amides is 2. The van der Waals surface area contributed by atoms with Crippen LogP contribution < -0.4 is 10.6 Å². The highest BCUT2D eigenvalue weighted by Gasteiger charge is 2.23. The van der Waals surface area contributed by atoms with Gasteiger partial charge >= 0.3 is 0 Å². The number of carbonyl (C=O) groups excluding carboxylic acids is 2. The fraction of sp³-hybridized carbons (Fsp3) is 0.476. The Bertz CT molecular complexity index is 741. The highest BCUT2D eigenvalue weighted by molar-refractivity contribution is 5.96. The van der Waals surface area contributed by atoms with Gasteiger partial charge in [0, 0.05) is 24.5 Å². The Kier molecular flexibility index (Phi) is 8.04. The number of pyridine rings is 1. The quantitative estimate of drug-likeness (QED) is 0.636. The molecular formula is C21H29N3O4. The van der Waals surface area contributed by atoms with Gasteiger partial charge in [-0.25, -0.2) is 0 Å². The number of ether oxygens (including phenoxy) is 2. The molecule has 0 saturated carbocycles. The molecule has 0 fully saturated rings. The lowest BCUT2D eigenvalue weighted by molar-refractivity contribution is -0.127. The van der Waals surface area contributed by atoms with Gasteiger partial charge in [-0.2, -0.15) is 0 Å². The molecule has 7 heteroatoms. The fourth-order valence-electron chi connectivity index (χ4n) is 2.73. The Hall–Kier alpha value is -2.83. The molecule has 28 heavy (non-hydrogen) atoms. The van der Waals surface area contributed by atoms with Crippen molar-refractivity contribution in [2.24, 2.45) is 5.92 Å². The van der Waals surface area contributed by atoms with Crippen molar-refractivity contribution < 1.29 is 19.1 Å². The molecule has 1 aromatic heterocycles. The van der Waals surface area contributed by atoms with Crippen molar-refractivity contribution in [2.75, 3.05) is 13.3 Å². The first-order valence-corrected chi connectivity index (χ1v) is 9.49. The van der Waals surface area contributed by atoms with Crippen molar-refractivity contribution in [3.05, 3.63) is 53.3 Å². The number of nitrogens with zero attached hydrogens (tertiary/aromatic N) is 1. The van der Waals surface area contributed by atoms with E-state index in [9.17, 15) is 9.59 Å². The summed E-state index contributed by atoms with van der Waals surface area (Å²) in [6, 6.07) is 3.23. The Morgan fingerprint density at radius 2 is 2.11 bits per heavy atom. The summed E-state index contributed by atoms with van der Waals surface area (Å²) >= 11 is 0. The van der Waals surface area contributed by atoms with E-state index in [1.807, 2.05) is 26.0 Å². The van der Waals surface area contributed by atoms with Crippen molar-refractivity contribution >= 4 is 11.8 Å². The Labute approximate surface area is 166 Å². The van der Waals surface area contributed by atoms with Crippen molar-refractivity contribution in [2.45, 2.75) is 46.6 Å². The summed E-state index contributed by atoms with van der Waals surface area (Å²) < 4.78 is 10.5. The highest BCUT2D eigenvalue weighted by atomic mass is 16.7. The third-order valence-corrected chi connectivity index (χ3v) is 4.31. The maximum absolute atomic E-state index is 12.6. The maximum Gasteiger partial charge on any atom is 0.247 e. The summed E-state index contributed by atoms with van der Waals surface area (Å²) in [4.78, 5) is 29.2. The third kappa shape index (κ3) is 6.72. The molecule has 1 aromatic rings. The number of nitrogens with one attached hydrogen (secondary N) is 2. The van der Waals surface area contributed by atoms with Crippen LogP contribution in [0.5, 0.6) is 0 Å². The third-order valence-electron chi connectivity index (χ3n) is 4.31. The molecule has 2 N–H and O–H groups in total. The predicted molar refractivity (Wildman–Crippen MR) is 106 cm³/mol. The first-order valence-electron chi connectivity index (χ1n) is 9.49. The van der Waals surface area contributed by atoms with Crippen LogP contribution in [0.2, 0.25) is 0 Å². The molecule has 0 saturated heterocycles. The van der Waals surface area contributed by atoms with Crippen LogP contribution in [-0.2, 0) is 25.5 Å². The summed E-state index contributed by atoms with van der Waals surface area (Å²) in [7, 11) is 0. The van der Waals surface area contributed by atoms with Crippen molar-refractivity contribution in [1.82, 2.24) is 15.6 Å². The molecule has 0 radical (unpaired) electrons. The molecule has 152 valence electrons. The van der Waals surface area contributed by atoms with E-state index < -0.39 is 6.04 Å². The second kappa shape index (κ2) is 10.5. The summed E-state index contributed by atoms with van der Waals surface area (Å²) in [6.45, 7) is 8.14. The lowest BCUT2D eigenvalue weighted by Crippen LogP contribution is -2.48. The number of hydrogen-bond donors (Lipinski definition) is 2. The molecule has 1 aliphatic heterocycles. The number of carbonyl (C=O) groups is 2. The van der Waals surface area contributed by atoms with E-state index in [1.54, 1.807) is 32.3 Å². The summed E-state index contributed by atoms with van der Waals surface area (Å²) in [5.74, 6) is 0.946. The van der Waals surface area contributed by atoms with E-state index in [0.717, 1.165) is 5.56 Å². The summed E-state index contributed by atoms with van der Waals surface area (Å²) in [5.41, 5.74) is 1.50. The zero-order valence-electron chi connectivity index (χ0n) is 17.0. The Balaban J connectivity index is 1.93. The second-order valence-corrected chi connectivity index (χ2v) is 7.21. The largest absolute Gasteiger partial charge is 0.458 e. The second-order valence-electron chi connectivity index (χ2n) is 7.21. The van der Waals surface area contributed by atoms with Crippen LogP contribution >= 0.6 is 0 Å². The van der Waals surface area contributed by atoms with Gasteiger partial charge in [0.05, 0.1) is 0 Å². The van der Waals surface area contributed by atoms with E-state index in [2.05, 4.69) is 15.6 Å². The van der Waals surface area contributed by atoms with Gasteiger partial charge in [0.2, 0.25) is 18.6 Å². The van der Waals surface area contributed by atoms with Gasteiger partial charge in [0.1, 0.15) is 11.8 Å². The zero-order chi connectivity index (χ0) is 20.5. The van der Waals surface area contributed by atoms with Crippen LogP contribution in [0.3, 0.4) is 0 Å². The minimum atomic E-state index is -0.597. The zero-order valence-corrected chi connectivity index (χ0v) is 17.0. The van der Waals surface area contributed by atoms with Gasteiger partial charge in [-0.1, -0.05) is 19.9 Å². The standard InChI is InChI=1S/C21H29N3O4/c1-14(2)10-18(21(26)23-9-7-17-6-5-8-22-12-17)24-20(25)15(3)11-19-16(4)27-13-28-19/h5-6,8,11-12,14,18H,7,9-10,13H2,1-4H3,(H,23,26)(H,24,25)/b15-11+/t18-/m1/s1. The van der Waals surface area contributed by atoms with Crippen molar-refractivity contribution in [1.29, 1.82) is 0 Å². The van der Waals surface area contributed by atoms with E-state index in [4.69, 9.17) is 9.47 Å². The summed E-state index contributed by atoms with van der Waals surface area (Å²) in [5, 5.41) is 5.74. The van der Waals surface area contributed by atoms with Gasteiger partial charge in [-0.3, -0.25) is 14.6 Å². The van der Waals surface area contributed by atoms with Gasteiger partial charge < -0.3 is 20.1 Å². The smallest absolute Gasteiger partial charge is 0.247 e. The lowest BCUT2D eigenvalue weighted by atomic mass is 10.0. The molecule has 0 unspecified atom stereocenters. The minimum absolute atomic E-state index is 0.155. The average molecular weight is 387 g/mol. The van der Waals surface area contributed by atoms with Crippen LogP contribution in [0, 0.1) is 5.92 Å². The molecule has 1 aliphatic rings. The molecule has 0 aromatic carbocycles. The van der Waals surface area contributed by atoms with E-state index in [-0.39, 0.29) is 24.5 Å². The van der Waals surface area contributed by atoms with Crippen molar-refractivity contribution in [3.8, 4) is 0 Å². The molecule has 2 amide bonds. The molecular weight excluding hydrogens is 358 g/mol. The average Bonchev–Trinajstić information content (AvgIpc) is 3.06. The first-order chi connectivity index (χ1) is 13.4. The first kappa shape index (κ1) is 21.5. The van der Waals surface area contributed by atoms with Crippen molar-refractivity contribution in [3.63, 3.8) is 0 Å². The van der Waals surface area contributed by atoms with Crippen LogP contribution in [0.1, 0.15) is 39.7 Å². The highest BCUT2D eigenvalue weighted by Crippen LogP contribution is 2.18. The molecule has 1 atom stereocenters. The topological polar surface area (TPSA) is 89.6 Å². The SMILES string of the molecule is CC1=C(/C=C(\C)C(=O)N[C@H](CC(C)C)C(=O)NCCc2cccnc2)OCO1. The molecule has 2 heterocycles. The number of aromatic nitrogens is 1. The Morgan fingerprint density at radius 3 is 2.71 bits per heavy atom. The maximum atomic E-state index is 12.6. The van der Waals surface area contributed by atoms with Crippen LogP contribution in [0.15, 0.2) is 47.7 Å². The van der Waals surface area contributed by atoms with Crippen LogP contribution in [0.4, 0.5) is 0 Å². The normalized spacial score (nSPS) is 15.1. The number of allylic oxidation sites excluding steroid dienone is 2. The molecule has 0 aliphatic carbocycles. The van der Waals surface area contributed by atoms with Gasteiger partial charge in [0.25, 0.3) is 0 Å². The van der Waals surface area contributed by atoms with Crippen LogP contribution in [0.25, 0.3) is 0 Å². The van der Waals surface area contributed by atoms with E-state index in [0.29, 0.717) is 36.5 Å². The molecule has 7 nitrogen and oxygen atoms in total. The Morgan fingerprint density at radius 1 is 1.32 bits per heavy atom. The predicted octanol–water partition coefficient (Wildman–Crippen LogP) is 2.45. The van der Waals surface area contributed by atoms with Gasteiger partial charge in [-0.15, -0.1) is 0 Å². The minimum Gasteiger partial charge on any atom is -0.458 e. The van der Waals surface area contributed by atoms with E-state index in [1.165, 1.54) is 0 Å². The monoisotopic (exact) mass is 387 g/mol. The molecule has 2 rings (SSSR count). The summed E-state index contributed by atoms with van der Waals surface area (Å²) in [6.07, 6.45) is 6.36. The molecule has 0 spiro atoms. The van der Waals surface area contributed by atoms with Gasteiger partial charge in [-0.05, 0) is 50.3 Å².